The lowest BCUT2D eigenvalue weighted by Gasteiger charge is -2.37. The van der Waals surface area contributed by atoms with Gasteiger partial charge in [-0.15, -0.1) is 0 Å². The molecule has 2 aliphatic rings. The lowest BCUT2D eigenvalue weighted by atomic mass is 10.00. The van der Waals surface area contributed by atoms with Crippen LogP contribution in [0.2, 0.25) is 0 Å². The summed E-state index contributed by atoms with van der Waals surface area (Å²) < 4.78 is 0. The number of aliphatic hydroxyl groups excluding tert-OH is 1. The molecule has 0 bridgehead atoms. The van der Waals surface area contributed by atoms with Gasteiger partial charge in [-0.3, -0.25) is 9.69 Å². The van der Waals surface area contributed by atoms with Gasteiger partial charge in [0.05, 0.1) is 12.6 Å². The predicted octanol–water partition coefficient (Wildman–Crippen LogP) is 0.248. The van der Waals surface area contributed by atoms with Crippen LogP contribution in [0.4, 0.5) is 0 Å². The van der Waals surface area contributed by atoms with Crippen LogP contribution < -0.4 is 0 Å². The highest BCUT2D eigenvalue weighted by Crippen LogP contribution is 2.19. The summed E-state index contributed by atoms with van der Waals surface area (Å²) in [5.41, 5.74) is 2.63. The van der Waals surface area contributed by atoms with E-state index in [1.165, 1.54) is 11.1 Å². The maximum absolute atomic E-state index is 12.1. The fourth-order valence-electron chi connectivity index (χ4n) is 2.67. The number of hydrogen-bond acceptors (Lipinski definition) is 3. The highest BCUT2D eigenvalue weighted by atomic mass is 16.3. The van der Waals surface area contributed by atoms with E-state index in [0.717, 1.165) is 19.5 Å². The third kappa shape index (κ3) is 2.26. The Balaban J connectivity index is 1.60. The van der Waals surface area contributed by atoms with Gasteiger partial charge in [-0.2, -0.15) is 0 Å². The predicted molar refractivity (Wildman–Crippen MR) is 68.0 cm³/mol. The standard InChI is InChI=1S/C14H18N2O2/c17-13-8-15(9-13)10-14(18)16-6-5-11-3-1-2-4-12(11)7-16/h1-4,13,17H,5-10H2. The van der Waals surface area contributed by atoms with Crippen LogP contribution in [0.1, 0.15) is 11.1 Å². The second-order valence-corrected chi connectivity index (χ2v) is 5.18. The first-order valence-electron chi connectivity index (χ1n) is 6.47. The largest absolute Gasteiger partial charge is 0.390 e. The van der Waals surface area contributed by atoms with Crippen LogP contribution in [0, 0.1) is 0 Å². The van der Waals surface area contributed by atoms with Crippen molar-refractivity contribution in [3.63, 3.8) is 0 Å². The van der Waals surface area contributed by atoms with E-state index in [-0.39, 0.29) is 12.0 Å². The van der Waals surface area contributed by atoms with Crippen molar-refractivity contribution in [2.45, 2.75) is 19.1 Å². The Kier molecular flexibility index (Phi) is 3.06. The summed E-state index contributed by atoms with van der Waals surface area (Å²) in [6.45, 7) is 3.25. The van der Waals surface area contributed by atoms with Gasteiger partial charge in [-0.25, -0.2) is 0 Å². The van der Waals surface area contributed by atoms with Crippen molar-refractivity contribution in [3.8, 4) is 0 Å². The molecule has 0 radical (unpaired) electrons. The molecular formula is C14H18N2O2. The van der Waals surface area contributed by atoms with E-state index in [2.05, 4.69) is 18.2 Å². The van der Waals surface area contributed by atoms with E-state index in [1.54, 1.807) is 0 Å². The minimum Gasteiger partial charge on any atom is -0.390 e. The van der Waals surface area contributed by atoms with Gasteiger partial charge in [-0.1, -0.05) is 24.3 Å². The first-order chi connectivity index (χ1) is 8.72. The number of benzene rings is 1. The molecule has 4 heteroatoms. The Labute approximate surface area is 107 Å². The molecule has 2 aliphatic heterocycles. The molecule has 0 aliphatic carbocycles. The fourth-order valence-corrected chi connectivity index (χ4v) is 2.67. The lowest BCUT2D eigenvalue weighted by Crippen LogP contribution is -2.54. The van der Waals surface area contributed by atoms with Gasteiger partial charge in [0.1, 0.15) is 0 Å². The monoisotopic (exact) mass is 246 g/mol. The van der Waals surface area contributed by atoms with E-state index in [0.29, 0.717) is 19.6 Å². The molecule has 1 saturated heterocycles. The van der Waals surface area contributed by atoms with Crippen molar-refractivity contribution < 1.29 is 9.90 Å². The summed E-state index contributed by atoms with van der Waals surface area (Å²) in [5.74, 6) is 0.177. The van der Waals surface area contributed by atoms with Gasteiger partial charge in [0.15, 0.2) is 0 Å². The van der Waals surface area contributed by atoms with Crippen LogP contribution in [0.3, 0.4) is 0 Å². The van der Waals surface area contributed by atoms with Crippen molar-refractivity contribution in [1.29, 1.82) is 0 Å². The Morgan fingerprint density at radius 3 is 2.72 bits per heavy atom. The zero-order chi connectivity index (χ0) is 12.5. The second kappa shape index (κ2) is 4.71. The van der Waals surface area contributed by atoms with Crippen LogP contribution in [-0.2, 0) is 17.8 Å². The summed E-state index contributed by atoms with van der Waals surface area (Å²) in [6.07, 6.45) is 0.713. The SMILES string of the molecule is O=C(CN1CC(O)C1)N1CCc2ccccc2C1. The van der Waals surface area contributed by atoms with E-state index >= 15 is 0 Å². The van der Waals surface area contributed by atoms with Gasteiger partial charge in [0, 0.05) is 26.2 Å². The fraction of sp³-hybridized carbons (Fsp3) is 0.500. The molecule has 4 nitrogen and oxygen atoms in total. The molecule has 0 saturated carbocycles. The molecule has 3 rings (SSSR count). The number of aliphatic hydroxyl groups is 1. The maximum atomic E-state index is 12.1. The summed E-state index contributed by atoms with van der Waals surface area (Å²) in [5, 5.41) is 9.21. The molecular weight excluding hydrogens is 228 g/mol. The molecule has 1 N–H and O–H groups in total. The molecule has 0 unspecified atom stereocenters. The average molecular weight is 246 g/mol. The van der Waals surface area contributed by atoms with E-state index in [9.17, 15) is 9.90 Å². The van der Waals surface area contributed by atoms with E-state index in [1.807, 2.05) is 15.9 Å². The molecule has 1 aromatic rings. The van der Waals surface area contributed by atoms with Crippen LogP contribution in [0.15, 0.2) is 24.3 Å². The number of carbonyl (C=O) groups excluding carboxylic acids is 1. The summed E-state index contributed by atoms with van der Waals surface area (Å²) in [6, 6.07) is 8.32. The molecule has 1 amide bonds. The molecule has 96 valence electrons. The number of nitrogens with zero attached hydrogens (tertiary/aromatic N) is 2. The highest BCUT2D eigenvalue weighted by Gasteiger charge is 2.28. The molecule has 2 heterocycles. The van der Waals surface area contributed by atoms with Crippen molar-refractivity contribution in [3.05, 3.63) is 35.4 Å². The summed E-state index contributed by atoms with van der Waals surface area (Å²) in [4.78, 5) is 16.0. The van der Waals surface area contributed by atoms with Crippen LogP contribution in [-0.4, -0.2) is 53.1 Å². The van der Waals surface area contributed by atoms with Crippen molar-refractivity contribution in [1.82, 2.24) is 9.80 Å². The zero-order valence-corrected chi connectivity index (χ0v) is 10.4. The van der Waals surface area contributed by atoms with Gasteiger partial charge >= 0.3 is 0 Å². The third-order valence-corrected chi connectivity index (χ3v) is 3.78. The van der Waals surface area contributed by atoms with Crippen molar-refractivity contribution >= 4 is 5.91 Å². The Morgan fingerprint density at radius 2 is 2.00 bits per heavy atom. The maximum Gasteiger partial charge on any atom is 0.237 e. The first-order valence-corrected chi connectivity index (χ1v) is 6.47. The minimum absolute atomic E-state index is 0.177. The number of carbonyl (C=O) groups is 1. The van der Waals surface area contributed by atoms with Crippen LogP contribution in [0.5, 0.6) is 0 Å². The highest BCUT2D eigenvalue weighted by molar-refractivity contribution is 5.78. The quantitative estimate of drug-likeness (QED) is 0.813. The molecule has 1 fully saturated rings. The number of fused-ring (bicyclic) bond motifs is 1. The topological polar surface area (TPSA) is 43.8 Å². The number of rotatable bonds is 2. The molecule has 0 aromatic heterocycles. The Bertz CT molecular complexity index is 455. The Morgan fingerprint density at radius 1 is 1.28 bits per heavy atom. The molecule has 0 spiro atoms. The third-order valence-electron chi connectivity index (χ3n) is 3.78. The summed E-state index contributed by atoms with van der Waals surface area (Å²) >= 11 is 0. The molecule has 18 heavy (non-hydrogen) atoms. The smallest absolute Gasteiger partial charge is 0.237 e. The van der Waals surface area contributed by atoms with Crippen molar-refractivity contribution in [2.24, 2.45) is 0 Å². The van der Waals surface area contributed by atoms with Gasteiger partial charge < -0.3 is 10.0 Å². The first kappa shape index (κ1) is 11.7. The summed E-state index contributed by atoms with van der Waals surface area (Å²) in [7, 11) is 0. The second-order valence-electron chi connectivity index (χ2n) is 5.18. The van der Waals surface area contributed by atoms with Gasteiger partial charge in [-0.05, 0) is 17.5 Å². The van der Waals surface area contributed by atoms with Crippen LogP contribution in [0.25, 0.3) is 0 Å². The number of amides is 1. The van der Waals surface area contributed by atoms with E-state index in [4.69, 9.17) is 0 Å². The number of likely N-dealkylation sites (tertiary alicyclic amines) is 1. The van der Waals surface area contributed by atoms with Crippen LogP contribution >= 0.6 is 0 Å². The number of β-amino-alcohol motifs (C(OH)–C–C–N with tert-alkyl or cyclic N) is 1. The Hall–Kier alpha value is -1.39. The number of hydrogen-bond donors (Lipinski definition) is 1. The normalized spacial score (nSPS) is 20.4. The average Bonchev–Trinajstić information content (AvgIpc) is 2.36. The molecule has 1 aromatic carbocycles. The van der Waals surface area contributed by atoms with E-state index < -0.39 is 0 Å². The lowest BCUT2D eigenvalue weighted by molar-refractivity contribution is -0.136. The zero-order valence-electron chi connectivity index (χ0n) is 10.4. The van der Waals surface area contributed by atoms with Gasteiger partial charge in [0.2, 0.25) is 5.91 Å². The molecule has 0 atom stereocenters. The van der Waals surface area contributed by atoms with Crippen molar-refractivity contribution in [2.75, 3.05) is 26.2 Å². The van der Waals surface area contributed by atoms with Gasteiger partial charge in [0.25, 0.3) is 0 Å². The minimum atomic E-state index is -0.236.